The largest absolute Gasteiger partial charge is 0.497 e. The van der Waals surface area contributed by atoms with Crippen molar-refractivity contribution in [3.63, 3.8) is 0 Å². The summed E-state index contributed by atoms with van der Waals surface area (Å²) in [5.74, 6) is 3.30. The molecule has 9 nitrogen and oxygen atoms in total. The first-order valence-corrected chi connectivity index (χ1v) is 11.7. The van der Waals surface area contributed by atoms with E-state index in [1.807, 2.05) is 42.4 Å². The molecule has 2 unspecified atom stereocenters. The number of methoxy groups -OCH3 is 1. The second kappa shape index (κ2) is 9.40. The number of hydrazone groups is 1. The Morgan fingerprint density at radius 1 is 1.17 bits per heavy atom. The first-order valence-electron chi connectivity index (χ1n) is 11.7. The average molecular weight is 475 g/mol. The quantitative estimate of drug-likeness (QED) is 0.587. The summed E-state index contributed by atoms with van der Waals surface area (Å²) in [7, 11) is 7.08. The van der Waals surface area contributed by atoms with Crippen LogP contribution in [0.25, 0.3) is 10.9 Å². The van der Waals surface area contributed by atoms with Gasteiger partial charge in [-0.25, -0.2) is 9.97 Å². The summed E-state index contributed by atoms with van der Waals surface area (Å²) in [5, 5.41) is 5.07. The van der Waals surface area contributed by atoms with Gasteiger partial charge in [-0.2, -0.15) is 5.10 Å². The molecule has 1 N–H and O–H groups in total. The number of anilines is 1. The number of hydrogen-bond acceptors (Lipinski definition) is 8. The van der Waals surface area contributed by atoms with Crippen LogP contribution < -0.4 is 19.8 Å². The van der Waals surface area contributed by atoms with Crippen molar-refractivity contribution in [3.05, 3.63) is 53.3 Å². The van der Waals surface area contributed by atoms with Gasteiger partial charge < -0.3 is 24.7 Å². The number of amides is 1. The molecule has 2 aliphatic heterocycles. The summed E-state index contributed by atoms with van der Waals surface area (Å²) in [4.78, 5) is 25.9. The molecular formula is C26H30N6O3. The predicted octanol–water partition coefficient (Wildman–Crippen LogP) is 2.55. The van der Waals surface area contributed by atoms with Crippen LogP contribution in [-0.4, -0.2) is 74.9 Å². The lowest BCUT2D eigenvalue weighted by Crippen LogP contribution is -2.35. The number of likely N-dealkylation sites (N-methyl/N-ethyl adjacent to an activating group) is 2. The SMILES string of the molecule is COc1ccc2c(c1)CC(c1nc(N(C)CC(=O)N(C)C)c3cc(C4C=NNC4)ccc3n1)CO2. The molecule has 0 bridgehead atoms. The van der Waals surface area contributed by atoms with Crippen LogP contribution in [0.1, 0.15) is 28.8 Å². The lowest BCUT2D eigenvalue weighted by Gasteiger charge is -2.27. The van der Waals surface area contributed by atoms with Gasteiger partial charge in [-0.05, 0) is 47.9 Å². The van der Waals surface area contributed by atoms with Gasteiger partial charge in [0.15, 0.2) is 0 Å². The number of aromatic nitrogens is 2. The van der Waals surface area contributed by atoms with Crippen molar-refractivity contribution in [3.8, 4) is 11.5 Å². The Kier molecular flexibility index (Phi) is 6.15. The molecule has 2 aromatic carbocycles. The second-order valence-electron chi connectivity index (χ2n) is 9.26. The number of hydrogen-bond donors (Lipinski definition) is 1. The van der Waals surface area contributed by atoms with E-state index in [9.17, 15) is 4.79 Å². The number of nitrogens with one attached hydrogen (secondary N) is 1. The Morgan fingerprint density at radius 2 is 2.03 bits per heavy atom. The molecule has 35 heavy (non-hydrogen) atoms. The van der Waals surface area contributed by atoms with E-state index in [4.69, 9.17) is 19.4 Å². The molecule has 9 heteroatoms. The van der Waals surface area contributed by atoms with Gasteiger partial charge in [0.2, 0.25) is 5.91 Å². The number of fused-ring (bicyclic) bond motifs is 2. The summed E-state index contributed by atoms with van der Waals surface area (Å²) in [6.45, 7) is 1.47. The highest BCUT2D eigenvalue weighted by Gasteiger charge is 2.27. The van der Waals surface area contributed by atoms with Gasteiger partial charge in [0.05, 0.1) is 31.7 Å². The number of nitrogens with zero attached hydrogens (tertiary/aromatic N) is 5. The van der Waals surface area contributed by atoms with Crippen molar-refractivity contribution in [2.24, 2.45) is 5.10 Å². The number of carbonyl (C=O) groups excluding carboxylic acids is 1. The van der Waals surface area contributed by atoms with Crippen LogP contribution in [0.5, 0.6) is 11.5 Å². The van der Waals surface area contributed by atoms with Gasteiger partial charge >= 0.3 is 0 Å². The minimum atomic E-state index is -0.0125. The molecule has 3 aromatic rings. The molecule has 0 spiro atoms. The molecule has 1 amide bonds. The van der Waals surface area contributed by atoms with Crippen molar-refractivity contribution in [1.82, 2.24) is 20.3 Å². The molecule has 2 atom stereocenters. The fraction of sp³-hybridized carbons (Fsp3) is 0.385. The fourth-order valence-corrected chi connectivity index (χ4v) is 4.48. The summed E-state index contributed by atoms with van der Waals surface area (Å²) in [5.41, 5.74) is 6.07. The van der Waals surface area contributed by atoms with E-state index < -0.39 is 0 Å². The van der Waals surface area contributed by atoms with Gasteiger partial charge in [-0.1, -0.05) is 6.07 Å². The predicted molar refractivity (Wildman–Crippen MR) is 136 cm³/mol. The van der Waals surface area contributed by atoms with Crippen LogP contribution >= 0.6 is 0 Å². The highest BCUT2D eigenvalue weighted by atomic mass is 16.5. The third kappa shape index (κ3) is 4.58. The van der Waals surface area contributed by atoms with Crippen LogP contribution in [0.4, 0.5) is 5.82 Å². The monoisotopic (exact) mass is 474 g/mol. The lowest BCUT2D eigenvalue weighted by molar-refractivity contribution is -0.127. The topological polar surface area (TPSA) is 92.2 Å². The molecule has 0 saturated carbocycles. The van der Waals surface area contributed by atoms with Crippen molar-refractivity contribution >= 4 is 28.8 Å². The third-order valence-corrected chi connectivity index (χ3v) is 6.57. The van der Waals surface area contributed by atoms with Crippen molar-refractivity contribution in [2.75, 3.05) is 52.8 Å². The molecule has 2 aliphatic rings. The molecule has 3 heterocycles. The summed E-state index contributed by atoms with van der Waals surface area (Å²) in [6, 6.07) is 12.1. The van der Waals surface area contributed by atoms with Crippen molar-refractivity contribution in [2.45, 2.75) is 18.3 Å². The lowest BCUT2D eigenvalue weighted by atomic mass is 9.95. The Bertz CT molecular complexity index is 1290. The zero-order valence-electron chi connectivity index (χ0n) is 20.5. The van der Waals surface area contributed by atoms with Gasteiger partial charge in [0.1, 0.15) is 23.1 Å². The Balaban J connectivity index is 1.55. The van der Waals surface area contributed by atoms with Crippen molar-refractivity contribution < 1.29 is 14.3 Å². The second-order valence-corrected chi connectivity index (χ2v) is 9.26. The van der Waals surface area contributed by atoms with Crippen LogP contribution in [0.3, 0.4) is 0 Å². The van der Waals surface area contributed by atoms with E-state index in [2.05, 4.69) is 22.7 Å². The van der Waals surface area contributed by atoms with E-state index in [0.29, 0.717) is 12.4 Å². The van der Waals surface area contributed by atoms with Crippen LogP contribution in [-0.2, 0) is 11.2 Å². The molecule has 0 radical (unpaired) electrons. The standard InChI is InChI=1S/C26H30N6O3/c1-31(2)24(33)14-32(3)26-21-11-16(19-12-27-28-13-19)5-7-22(21)29-25(30-26)18-9-17-10-20(34-4)6-8-23(17)35-15-18/h5-8,10-12,18-19,28H,9,13-15H2,1-4H3. The molecular weight excluding hydrogens is 444 g/mol. The first-order chi connectivity index (χ1) is 16.9. The van der Waals surface area contributed by atoms with Gasteiger partial charge in [-0.15, -0.1) is 0 Å². The van der Waals surface area contributed by atoms with Gasteiger partial charge in [0, 0.05) is 45.2 Å². The third-order valence-electron chi connectivity index (χ3n) is 6.57. The number of benzene rings is 2. The molecule has 0 saturated heterocycles. The summed E-state index contributed by atoms with van der Waals surface area (Å²) in [6.07, 6.45) is 2.67. The van der Waals surface area contributed by atoms with E-state index in [-0.39, 0.29) is 24.3 Å². The molecule has 1 aromatic heterocycles. The van der Waals surface area contributed by atoms with Crippen molar-refractivity contribution in [1.29, 1.82) is 0 Å². The van der Waals surface area contributed by atoms with E-state index in [1.165, 1.54) is 0 Å². The highest BCUT2D eigenvalue weighted by molar-refractivity contribution is 5.92. The molecule has 0 aliphatic carbocycles. The zero-order valence-corrected chi connectivity index (χ0v) is 20.5. The smallest absolute Gasteiger partial charge is 0.241 e. The number of carbonyl (C=O) groups is 1. The Labute approximate surface area is 204 Å². The van der Waals surface area contributed by atoms with Crippen LogP contribution in [0, 0.1) is 0 Å². The van der Waals surface area contributed by atoms with Crippen LogP contribution in [0.15, 0.2) is 41.5 Å². The summed E-state index contributed by atoms with van der Waals surface area (Å²) >= 11 is 0. The van der Waals surface area contributed by atoms with E-state index in [1.54, 1.807) is 26.1 Å². The van der Waals surface area contributed by atoms with Gasteiger partial charge in [-0.3, -0.25) is 4.79 Å². The minimum absolute atomic E-state index is 0.00566. The maximum absolute atomic E-state index is 12.5. The normalized spacial score (nSPS) is 18.5. The molecule has 5 rings (SSSR count). The van der Waals surface area contributed by atoms with E-state index in [0.717, 1.165) is 52.3 Å². The zero-order chi connectivity index (χ0) is 24.5. The highest BCUT2D eigenvalue weighted by Crippen LogP contribution is 2.36. The van der Waals surface area contributed by atoms with E-state index >= 15 is 0 Å². The Morgan fingerprint density at radius 3 is 2.77 bits per heavy atom. The Hall–Kier alpha value is -3.88. The minimum Gasteiger partial charge on any atom is -0.497 e. The first kappa shape index (κ1) is 22.9. The summed E-state index contributed by atoms with van der Waals surface area (Å²) < 4.78 is 11.4. The maximum Gasteiger partial charge on any atom is 0.241 e. The molecule has 182 valence electrons. The maximum atomic E-state index is 12.5. The van der Waals surface area contributed by atoms with Gasteiger partial charge in [0.25, 0.3) is 0 Å². The van der Waals surface area contributed by atoms with Crippen LogP contribution in [0.2, 0.25) is 0 Å². The number of rotatable bonds is 6. The number of ether oxygens (including phenoxy) is 2. The molecule has 0 fully saturated rings. The fourth-order valence-electron chi connectivity index (χ4n) is 4.48. The average Bonchev–Trinajstić information content (AvgIpc) is 3.42.